The van der Waals surface area contributed by atoms with E-state index in [0.29, 0.717) is 25.7 Å². The number of aliphatic hydroxyl groups is 12. The van der Waals surface area contributed by atoms with Crippen molar-refractivity contribution in [2.45, 2.75) is 99.2 Å². The van der Waals surface area contributed by atoms with Crippen molar-refractivity contribution in [3.63, 3.8) is 0 Å². The summed E-state index contributed by atoms with van der Waals surface area (Å²) in [5.74, 6) is -1.96. The molecular formula is C18H38O14Sr. The molecule has 0 amide bonds. The van der Waals surface area contributed by atoms with Crippen molar-refractivity contribution in [3.8, 4) is 0 Å². The average molecular weight is 566 g/mol. The van der Waals surface area contributed by atoms with Gasteiger partial charge < -0.3 is 69.2 Å². The molecule has 0 saturated carbocycles. The average Bonchev–Trinajstić information content (AvgIpc) is 2.78. The minimum absolute atomic E-state index is 0. The number of aliphatic carboxylic acids is 1. The van der Waals surface area contributed by atoms with Gasteiger partial charge in [-0.15, -0.1) is 0 Å². The molecule has 0 heterocycles. The molecule has 15 heteroatoms. The molecule has 0 bridgehead atoms. The predicted molar refractivity (Wildman–Crippen MR) is 112 cm³/mol. The van der Waals surface area contributed by atoms with Gasteiger partial charge in [-0.05, 0) is 12.8 Å². The van der Waals surface area contributed by atoms with Gasteiger partial charge in [-0.25, -0.2) is 4.79 Å². The van der Waals surface area contributed by atoms with Gasteiger partial charge in [0.25, 0.3) is 0 Å². The van der Waals surface area contributed by atoms with Crippen LogP contribution >= 0.6 is 0 Å². The van der Waals surface area contributed by atoms with Crippen LogP contribution in [0.3, 0.4) is 0 Å². The fraction of sp³-hybridized carbons (Fsp3) is 0.944. The number of carboxylic acid groups (broad SMARTS) is 1. The van der Waals surface area contributed by atoms with Crippen molar-refractivity contribution in [2.75, 3.05) is 6.61 Å². The van der Waals surface area contributed by atoms with E-state index in [4.69, 9.17) is 10.2 Å². The number of aliphatic hydroxyl groups excluding tert-OH is 12. The topological polar surface area (TPSA) is 280 Å². The Kier molecular flexibility index (Phi) is 19.3. The van der Waals surface area contributed by atoms with E-state index in [9.17, 15) is 61.0 Å². The molecule has 14 nitrogen and oxygen atoms in total. The van der Waals surface area contributed by atoms with E-state index in [1.165, 1.54) is 0 Å². The molecule has 0 aliphatic heterocycles. The van der Waals surface area contributed by atoms with Crippen LogP contribution in [0.5, 0.6) is 0 Å². The molecule has 0 aliphatic carbocycles. The zero-order valence-electron chi connectivity index (χ0n) is 20.0. The van der Waals surface area contributed by atoms with Crippen molar-refractivity contribution >= 4 is 51.5 Å². The number of carbonyl (C=O) groups is 1. The summed E-state index contributed by atoms with van der Waals surface area (Å²) in [6.07, 6.45) is -23.3. The summed E-state index contributed by atoms with van der Waals surface area (Å²) in [6, 6.07) is 0. The van der Waals surface area contributed by atoms with Crippen LogP contribution in [0.4, 0.5) is 0 Å². The van der Waals surface area contributed by atoms with Crippen LogP contribution in [0.2, 0.25) is 0 Å². The largest absolute Gasteiger partial charge is 2.00 e. The second-order valence-electron chi connectivity index (χ2n) is 7.69. The summed E-state index contributed by atoms with van der Waals surface area (Å²) < 4.78 is 0. The summed E-state index contributed by atoms with van der Waals surface area (Å²) in [7, 11) is 0. The Morgan fingerprint density at radius 2 is 0.879 bits per heavy atom. The van der Waals surface area contributed by atoms with Crippen LogP contribution in [0.1, 0.15) is 35.0 Å². The second kappa shape index (κ2) is 17.8. The zero-order chi connectivity index (χ0) is 25.2. The van der Waals surface area contributed by atoms with Crippen LogP contribution in [-0.4, -0.2) is 192 Å². The Bertz CT molecular complexity index is 539. The third kappa shape index (κ3) is 11.4. The third-order valence-corrected chi connectivity index (χ3v) is 5.18. The van der Waals surface area contributed by atoms with Gasteiger partial charge in [0.2, 0.25) is 0 Å². The van der Waals surface area contributed by atoms with Gasteiger partial charge in [-0.2, -0.15) is 0 Å². The third-order valence-electron chi connectivity index (χ3n) is 5.18. The van der Waals surface area contributed by atoms with Crippen molar-refractivity contribution in [2.24, 2.45) is 0 Å². The second-order valence-corrected chi connectivity index (χ2v) is 7.69. The fourth-order valence-electron chi connectivity index (χ4n) is 2.96. The normalized spacial score (nSPS) is 21.9. The summed E-state index contributed by atoms with van der Waals surface area (Å²) in [6.45, 7) is 0.00692. The van der Waals surface area contributed by atoms with Crippen LogP contribution < -0.4 is 0 Å². The molecule has 11 unspecified atom stereocenters. The summed E-state index contributed by atoms with van der Waals surface area (Å²) in [5.41, 5.74) is 0. The van der Waals surface area contributed by atoms with Crippen molar-refractivity contribution in [1.29, 1.82) is 0 Å². The molecule has 0 fully saturated rings. The van der Waals surface area contributed by atoms with E-state index < -0.39 is 73.1 Å². The van der Waals surface area contributed by atoms with E-state index in [1.807, 2.05) is 0 Å². The molecule has 0 aromatic carbocycles. The fourth-order valence-corrected chi connectivity index (χ4v) is 2.96. The summed E-state index contributed by atoms with van der Waals surface area (Å²) in [4.78, 5) is 10.6. The smallest absolute Gasteiger partial charge is 1.00 e. The van der Waals surface area contributed by atoms with Crippen LogP contribution in [0.25, 0.3) is 0 Å². The van der Waals surface area contributed by atoms with Crippen molar-refractivity contribution in [3.05, 3.63) is 0 Å². The summed E-state index contributed by atoms with van der Waals surface area (Å²) in [5, 5.41) is 125. The zero-order valence-corrected chi connectivity index (χ0v) is 21.5. The molecule has 0 rings (SSSR count). The Morgan fingerprint density at radius 1 is 0.545 bits per heavy atom. The Hall–Kier alpha value is 0.471. The molecule has 0 aliphatic rings. The van der Waals surface area contributed by atoms with Crippen LogP contribution in [0.15, 0.2) is 0 Å². The number of unbranched alkanes of at least 4 members (excludes halogenated alkanes) is 3. The molecule has 0 spiro atoms. The molecular weight excluding hydrogens is 528 g/mol. The first kappa shape index (κ1) is 35.6. The van der Waals surface area contributed by atoms with Gasteiger partial charge in [-0.3, -0.25) is 0 Å². The van der Waals surface area contributed by atoms with Crippen molar-refractivity contribution in [1.82, 2.24) is 0 Å². The van der Waals surface area contributed by atoms with Gasteiger partial charge >= 0.3 is 51.5 Å². The Labute approximate surface area is 230 Å². The van der Waals surface area contributed by atoms with Crippen molar-refractivity contribution < 1.29 is 74.0 Å². The standard InChI is InChI=1S/C18H36O14.Sr.2H/c19-6-4-2-1-3-5-7(20)8(21)9(22)10(23)11(24)12(25)13(26)14(27)15(28)16(29)17(30)18(31)32;;;/h7-17,19-30H,1-6H2,(H,31,32);;;/q;+2;2*-1. The number of carboxylic acids is 1. The van der Waals surface area contributed by atoms with E-state index >= 15 is 0 Å². The molecule has 33 heavy (non-hydrogen) atoms. The Morgan fingerprint density at radius 3 is 1.24 bits per heavy atom. The molecule has 0 radical (unpaired) electrons. The van der Waals surface area contributed by atoms with Crippen LogP contribution in [-0.2, 0) is 4.79 Å². The van der Waals surface area contributed by atoms with E-state index in [-0.39, 0.29) is 61.4 Å². The quantitative estimate of drug-likeness (QED) is 0.0577. The summed E-state index contributed by atoms with van der Waals surface area (Å²) >= 11 is 0. The minimum Gasteiger partial charge on any atom is -1.00 e. The molecule has 11 atom stereocenters. The maximum atomic E-state index is 10.6. The molecule has 13 N–H and O–H groups in total. The first-order chi connectivity index (χ1) is 14.8. The minimum atomic E-state index is -2.55. The molecule has 0 saturated heterocycles. The van der Waals surface area contributed by atoms with Gasteiger partial charge in [0.15, 0.2) is 6.10 Å². The van der Waals surface area contributed by atoms with Gasteiger partial charge in [0.1, 0.15) is 54.9 Å². The number of rotatable bonds is 17. The molecule has 196 valence electrons. The van der Waals surface area contributed by atoms with Gasteiger partial charge in [-0.1, -0.05) is 19.3 Å². The predicted octanol–water partition coefficient (Wildman–Crippen LogP) is -6.17. The monoisotopic (exact) mass is 566 g/mol. The SMILES string of the molecule is O=C(O)C(O)C(O)C(O)C(O)C(O)C(O)C(O)C(O)C(O)C(O)C(O)CCCCCCO.[H-].[H-].[Sr+2]. The van der Waals surface area contributed by atoms with Gasteiger partial charge in [0.05, 0.1) is 6.10 Å². The number of hydrogen-bond donors (Lipinski definition) is 13. The Balaban J connectivity index is -0.00000160. The molecule has 0 aromatic rings. The van der Waals surface area contributed by atoms with Gasteiger partial charge in [0, 0.05) is 6.61 Å². The maximum absolute atomic E-state index is 10.6. The van der Waals surface area contributed by atoms with E-state index in [2.05, 4.69) is 0 Å². The van der Waals surface area contributed by atoms with E-state index in [0.717, 1.165) is 0 Å². The first-order valence-electron chi connectivity index (χ1n) is 10.1. The van der Waals surface area contributed by atoms with E-state index in [1.54, 1.807) is 0 Å². The maximum Gasteiger partial charge on any atom is 2.00 e. The van der Waals surface area contributed by atoms with Crippen LogP contribution in [0, 0.1) is 0 Å². The number of hydrogen-bond acceptors (Lipinski definition) is 13. The first-order valence-corrected chi connectivity index (χ1v) is 10.1. The molecule has 0 aromatic heterocycles.